The maximum absolute atomic E-state index is 12.7. The first-order chi connectivity index (χ1) is 13.9. The third-order valence-corrected chi connectivity index (χ3v) is 5.64. The van der Waals surface area contributed by atoms with Crippen molar-refractivity contribution in [3.05, 3.63) is 62.3 Å². The quantitative estimate of drug-likeness (QED) is 0.799. The highest BCUT2D eigenvalue weighted by Crippen LogP contribution is 2.22. The van der Waals surface area contributed by atoms with E-state index in [1.165, 1.54) is 24.2 Å². The Morgan fingerprint density at radius 1 is 1.21 bits per heavy atom. The van der Waals surface area contributed by atoms with Crippen molar-refractivity contribution < 1.29 is 4.79 Å². The van der Waals surface area contributed by atoms with Crippen LogP contribution in [-0.4, -0.2) is 34.7 Å². The van der Waals surface area contributed by atoms with Gasteiger partial charge in [-0.05, 0) is 38.7 Å². The van der Waals surface area contributed by atoms with Crippen molar-refractivity contribution in [2.24, 2.45) is 13.0 Å². The lowest BCUT2D eigenvalue weighted by Crippen LogP contribution is -2.47. The van der Waals surface area contributed by atoms with Crippen LogP contribution in [0.15, 0.2) is 39.9 Å². The van der Waals surface area contributed by atoms with E-state index >= 15 is 0 Å². The first kappa shape index (κ1) is 20.9. The summed E-state index contributed by atoms with van der Waals surface area (Å²) >= 11 is 0. The number of hydrogen-bond acceptors (Lipinski definition) is 4. The van der Waals surface area contributed by atoms with Gasteiger partial charge in [0.1, 0.15) is 5.82 Å². The van der Waals surface area contributed by atoms with E-state index in [9.17, 15) is 14.4 Å². The van der Waals surface area contributed by atoms with Crippen molar-refractivity contribution in [3.63, 3.8) is 0 Å². The molecule has 1 aliphatic rings. The Bertz CT molecular complexity index is 975. The van der Waals surface area contributed by atoms with Gasteiger partial charge in [-0.3, -0.25) is 18.7 Å². The third kappa shape index (κ3) is 4.78. The standard InChI is InChI=1S/C22H30N4O3/c1-4-26-19(14-20(27)24(3)22(26)29)25-13-5-6-18(15-25)21(28)23-12-11-17-9-7-16(2)8-10-17/h7-10,14,18H,4-6,11-13,15H2,1-3H3,(H,23,28). The molecule has 0 saturated carbocycles. The number of hydrogen-bond donors (Lipinski definition) is 1. The first-order valence-electron chi connectivity index (χ1n) is 10.3. The van der Waals surface area contributed by atoms with E-state index in [1.54, 1.807) is 4.57 Å². The van der Waals surface area contributed by atoms with E-state index in [2.05, 4.69) is 36.5 Å². The second-order valence-corrected chi connectivity index (χ2v) is 7.74. The summed E-state index contributed by atoms with van der Waals surface area (Å²) in [6, 6.07) is 9.83. The second kappa shape index (κ2) is 9.11. The summed E-state index contributed by atoms with van der Waals surface area (Å²) in [7, 11) is 1.49. The topological polar surface area (TPSA) is 76.3 Å². The molecule has 1 aromatic heterocycles. The third-order valence-electron chi connectivity index (χ3n) is 5.64. The number of amides is 1. The maximum Gasteiger partial charge on any atom is 0.332 e. The highest BCUT2D eigenvalue weighted by Gasteiger charge is 2.27. The molecule has 1 aromatic carbocycles. The fourth-order valence-corrected chi connectivity index (χ4v) is 3.85. The van der Waals surface area contributed by atoms with Gasteiger partial charge in [-0.25, -0.2) is 4.79 Å². The molecule has 1 N–H and O–H groups in total. The van der Waals surface area contributed by atoms with Crippen LogP contribution in [0, 0.1) is 12.8 Å². The zero-order chi connectivity index (χ0) is 21.0. The van der Waals surface area contributed by atoms with Gasteiger partial charge in [0.15, 0.2) is 0 Å². The average Bonchev–Trinajstić information content (AvgIpc) is 2.73. The molecular formula is C22H30N4O3. The highest BCUT2D eigenvalue weighted by atomic mass is 16.2. The van der Waals surface area contributed by atoms with Crippen molar-refractivity contribution >= 4 is 11.7 Å². The van der Waals surface area contributed by atoms with Crippen molar-refractivity contribution in [2.75, 3.05) is 24.5 Å². The lowest BCUT2D eigenvalue weighted by Gasteiger charge is -2.34. The molecule has 29 heavy (non-hydrogen) atoms. The van der Waals surface area contributed by atoms with Gasteiger partial charge in [0.05, 0.1) is 5.92 Å². The monoisotopic (exact) mass is 398 g/mol. The smallest absolute Gasteiger partial charge is 0.332 e. The van der Waals surface area contributed by atoms with E-state index in [0.717, 1.165) is 30.4 Å². The van der Waals surface area contributed by atoms with Gasteiger partial charge in [0, 0.05) is 39.3 Å². The minimum Gasteiger partial charge on any atom is -0.357 e. The van der Waals surface area contributed by atoms with Crippen LogP contribution in [0.3, 0.4) is 0 Å². The summed E-state index contributed by atoms with van der Waals surface area (Å²) in [5, 5.41) is 3.05. The Hall–Kier alpha value is -2.83. The van der Waals surface area contributed by atoms with Gasteiger partial charge in [-0.15, -0.1) is 0 Å². The van der Waals surface area contributed by atoms with Crippen LogP contribution in [0.25, 0.3) is 0 Å². The molecule has 1 unspecified atom stereocenters. The zero-order valence-electron chi connectivity index (χ0n) is 17.5. The van der Waals surface area contributed by atoms with Crippen molar-refractivity contribution in [1.82, 2.24) is 14.5 Å². The van der Waals surface area contributed by atoms with E-state index in [0.29, 0.717) is 25.5 Å². The number of anilines is 1. The van der Waals surface area contributed by atoms with Gasteiger partial charge in [-0.1, -0.05) is 29.8 Å². The first-order valence-corrected chi connectivity index (χ1v) is 10.3. The predicted molar refractivity (Wildman–Crippen MR) is 114 cm³/mol. The highest BCUT2D eigenvalue weighted by molar-refractivity contribution is 5.79. The number of aromatic nitrogens is 2. The molecule has 1 atom stereocenters. The molecule has 1 aliphatic heterocycles. The van der Waals surface area contributed by atoms with Crippen molar-refractivity contribution in [3.8, 4) is 0 Å². The summed E-state index contributed by atoms with van der Waals surface area (Å²) in [6.45, 7) is 6.27. The Morgan fingerprint density at radius 2 is 1.93 bits per heavy atom. The summed E-state index contributed by atoms with van der Waals surface area (Å²) in [4.78, 5) is 39.2. The molecule has 1 saturated heterocycles. The summed E-state index contributed by atoms with van der Waals surface area (Å²) in [6.07, 6.45) is 2.46. The van der Waals surface area contributed by atoms with E-state index < -0.39 is 0 Å². The maximum atomic E-state index is 12.7. The number of benzene rings is 1. The van der Waals surface area contributed by atoms with Crippen LogP contribution in [0.5, 0.6) is 0 Å². The predicted octanol–water partition coefficient (Wildman–Crippen LogP) is 1.45. The summed E-state index contributed by atoms with van der Waals surface area (Å²) < 4.78 is 2.71. The molecule has 2 aromatic rings. The number of carbonyl (C=O) groups excluding carboxylic acids is 1. The fraction of sp³-hybridized carbons (Fsp3) is 0.500. The zero-order valence-corrected chi connectivity index (χ0v) is 17.5. The Labute approximate surface area is 171 Å². The van der Waals surface area contributed by atoms with E-state index in [-0.39, 0.29) is 23.1 Å². The molecule has 0 spiro atoms. The lowest BCUT2D eigenvalue weighted by molar-refractivity contribution is -0.125. The minimum absolute atomic E-state index is 0.0380. The van der Waals surface area contributed by atoms with Crippen LogP contribution in [0.2, 0.25) is 0 Å². The number of aryl methyl sites for hydroxylation is 1. The molecule has 7 nitrogen and oxygen atoms in total. The van der Waals surface area contributed by atoms with Gasteiger partial charge in [-0.2, -0.15) is 0 Å². The number of nitrogens with one attached hydrogen (secondary N) is 1. The normalized spacial score (nSPS) is 16.7. The molecule has 156 valence electrons. The van der Waals surface area contributed by atoms with Gasteiger partial charge in [0.25, 0.3) is 5.56 Å². The lowest BCUT2D eigenvalue weighted by atomic mass is 9.97. The number of rotatable bonds is 6. The fourth-order valence-electron chi connectivity index (χ4n) is 3.85. The molecule has 0 aliphatic carbocycles. The van der Waals surface area contributed by atoms with Crippen LogP contribution in [-0.2, 0) is 24.8 Å². The molecule has 2 heterocycles. The largest absolute Gasteiger partial charge is 0.357 e. The van der Waals surface area contributed by atoms with Crippen LogP contribution < -0.4 is 21.5 Å². The Kier molecular flexibility index (Phi) is 6.56. The van der Waals surface area contributed by atoms with E-state index in [1.807, 2.05) is 11.8 Å². The van der Waals surface area contributed by atoms with Gasteiger partial charge in [0.2, 0.25) is 5.91 Å². The number of carbonyl (C=O) groups is 1. The molecule has 7 heteroatoms. The summed E-state index contributed by atoms with van der Waals surface area (Å²) in [5.41, 5.74) is 1.79. The number of nitrogens with zero attached hydrogens (tertiary/aromatic N) is 3. The second-order valence-electron chi connectivity index (χ2n) is 7.74. The van der Waals surface area contributed by atoms with E-state index in [4.69, 9.17) is 0 Å². The van der Waals surface area contributed by atoms with Crippen LogP contribution in [0.1, 0.15) is 30.9 Å². The van der Waals surface area contributed by atoms with Gasteiger partial charge >= 0.3 is 5.69 Å². The molecule has 0 bridgehead atoms. The van der Waals surface area contributed by atoms with Crippen molar-refractivity contribution in [1.29, 1.82) is 0 Å². The Balaban J connectivity index is 1.64. The molecular weight excluding hydrogens is 368 g/mol. The summed E-state index contributed by atoms with van der Waals surface area (Å²) in [5.74, 6) is 0.500. The van der Waals surface area contributed by atoms with Crippen molar-refractivity contribution in [2.45, 2.75) is 39.7 Å². The average molecular weight is 399 g/mol. The minimum atomic E-state index is -0.320. The SMILES string of the molecule is CCn1c(N2CCCC(C(=O)NCCc3ccc(C)cc3)C2)cc(=O)n(C)c1=O. The molecule has 1 amide bonds. The number of piperidine rings is 1. The molecule has 0 radical (unpaired) electrons. The van der Waals surface area contributed by atoms with Crippen LogP contribution >= 0.6 is 0 Å². The Morgan fingerprint density at radius 3 is 2.62 bits per heavy atom. The van der Waals surface area contributed by atoms with Crippen LogP contribution in [0.4, 0.5) is 5.82 Å². The molecule has 3 rings (SSSR count). The van der Waals surface area contributed by atoms with Gasteiger partial charge < -0.3 is 10.2 Å². The molecule has 1 fully saturated rings.